The predicted octanol–water partition coefficient (Wildman–Crippen LogP) is 3.74. The topological polar surface area (TPSA) is 120 Å². The average molecular weight is 374 g/mol. The van der Waals surface area contributed by atoms with Gasteiger partial charge in [-0.05, 0) is 49.0 Å². The maximum Gasteiger partial charge on any atom is 0.301 e. The van der Waals surface area contributed by atoms with Crippen molar-refractivity contribution in [2.24, 2.45) is 28.3 Å². The van der Waals surface area contributed by atoms with Crippen molar-refractivity contribution >= 4 is 22.8 Å². The Morgan fingerprint density at radius 1 is 1.22 bits per heavy atom. The third kappa shape index (κ3) is 2.68. The number of nitrogens with one attached hydrogen (secondary N) is 1. The van der Waals surface area contributed by atoms with Crippen molar-refractivity contribution < 1.29 is 14.6 Å². The molecule has 9 nitrogen and oxygen atoms in total. The Bertz CT molecular complexity index is 825. The monoisotopic (exact) mass is 374 g/mol. The zero-order chi connectivity index (χ0) is 19.3. The molecule has 5 aliphatic rings. The van der Waals surface area contributed by atoms with E-state index in [1.807, 2.05) is 0 Å². The van der Waals surface area contributed by atoms with Crippen LogP contribution < -0.4 is 5.43 Å². The van der Waals surface area contributed by atoms with Crippen LogP contribution in [0, 0.1) is 43.4 Å². The van der Waals surface area contributed by atoms with E-state index in [1.54, 1.807) is 7.11 Å². The maximum absolute atomic E-state index is 11.3. The van der Waals surface area contributed by atoms with Gasteiger partial charge in [0, 0.05) is 24.8 Å². The van der Waals surface area contributed by atoms with Gasteiger partial charge in [-0.25, -0.2) is 0 Å². The van der Waals surface area contributed by atoms with Crippen molar-refractivity contribution in [1.82, 2.24) is 0 Å². The summed E-state index contributed by atoms with van der Waals surface area (Å²) in [6.07, 6.45) is 4.32. The second kappa shape index (κ2) is 6.26. The molecule has 27 heavy (non-hydrogen) atoms. The molecule has 1 aromatic carbocycles. The number of hydrogen-bond acceptors (Lipinski definition) is 7. The quantitative estimate of drug-likeness (QED) is 0.619. The molecule has 0 heterocycles. The lowest BCUT2D eigenvalue weighted by molar-refractivity contribution is -0.393. The molecule has 5 fully saturated rings. The highest BCUT2D eigenvalue weighted by molar-refractivity contribution is 5.91. The van der Waals surface area contributed by atoms with E-state index in [0.29, 0.717) is 29.3 Å². The summed E-state index contributed by atoms with van der Waals surface area (Å²) in [7, 11) is 1.76. The number of fused-ring (bicyclic) bond motifs is 4. The second-order valence-corrected chi connectivity index (χ2v) is 8.00. The van der Waals surface area contributed by atoms with Crippen LogP contribution in [0.3, 0.4) is 0 Å². The van der Waals surface area contributed by atoms with Gasteiger partial charge in [0.2, 0.25) is 0 Å². The van der Waals surface area contributed by atoms with Crippen molar-refractivity contribution in [3.8, 4) is 0 Å². The number of benzene rings is 1. The number of non-ortho nitro benzene ring substituents is 1. The van der Waals surface area contributed by atoms with Gasteiger partial charge in [0.25, 0.3) is 5.69 Å². The fourth-order valence-electron chi connectivity index (χ4n) is 5.49. The minimum Gasteiger partial charge on any atom is -0.381 e. The third-order valence-electron chi connectivity index (χ3n) is 6.94. The van der Waals surface area contributed by atoms with Gasteiger partial charge >= 0.3 is 5.69 Å². The van der Waals surface area contributed by atoms with Crippen molar-refractivity contribution in [1.29, 1.82) is 0 Å². The highest BCUT2D eigenvalue weighted by Gasteiger charge is 2.65. The van der Waals surface area contributed by atoms with E-state index in [2.05, 4.69) is 17.5 Å². The maximum atomic E-state index is 11.3. The molecule has 0 radical (unpaired) electrons. The molecule has 5 aliphatic carbocycles. The van der Waals surface area contributed by atoms with Gasteiger partial charge in [0.15, 0.2) is 0 Å². The highest BCUT2D eigenvalue weighted by Crippen LogP contribution is 2.68. The molecule has 6 rings (SSSR count). The lowest BCUT2D eigenvalue weighted by Crippen LogP contribution is -2.66. The Morgan fingerprint density at radius 3 is 2.52 bits per heavy atom. The Hall–Kier alpha value is -2.55. The van der Waals surface area contributed by atoms with Crippen molar-refractivity contribution in [2.45, 2.75) is 38.7 Å². The molecule has 0 saturated heterocycles. The molecule has 2 atom stereocenters. The molecule has 144 valence electrons. The molecule has 2 unspecified atom stereocenters. The molecule has 9 heteroatoms. The molecule has 4 bridgehead atoms. The van der Waals surface area contributed by atoms with Gasteiger partial charge in [-0.1, -0.05) is 6.92 Å². The summed E-state index contributed by atoms with van der Waals surface area (Å²) in [6, 6.07) is 3.55. The predicted molar refractivity (Wildman–Crippen MR) is 98.7 cm³/mol. The van der Waals surface area contributed by atoms with E-state index in [0.717, 1.165) is 37.5 Å². The average Bonchev–Trinajstić information content (AvgIpc) is 2.67. The van der Waals surface area contributed by atoms with Crippen LogP contribution in [0.25, 0.3) is 0 Å². The zero-order valence-corrected chi connectivity index (χ0v) is 15.3. The van der Waals surface area contributed by atoms with E-state index >= 15 is 0 Å². The van der Waals surface area contributed by atoms with E-state index < -0.39 is 9.85 Å². The molecule has 0 aromatic heterocycles. The lowest BCUT2D eigenvalue weighted by Gasteiger charge is -2.68. The molecule has 5 saturated carbocycles. The number of nitro groups is 2. The fourth-order valence-corrected chi connectivity index (χ4v) is 5.49. The van der Waals surface area contributed by atoms with Gasteiger partial charge in [0.05, 0.1) is 22.0 Å². The van der Waals surface area contributed by atoms with Crippen LogP contribution in [0.15, 0.2) is 23.3 Å². The summed E-state index contributed by atoms with van der Waals surface area (Å²) in [5.41, 5.74) is 3.73. The normalized spacial score (nSPS) is 35.4. The van der Waals surface area contributed by atoms with Crippen molar-refractivity contribution in [3.63, 3.8) is 0 Å². The van der Waals surface area contributed by atoms with Crippen molar-refractivity contribution in [3.05, 3.63) is 38.4 Å². The standard InChI is InChI=1S/C18H22N4O5/c1-18-6-5-15(17-12(18)8-11(27-2)9-13(17)18)20-19-14-4-3-10(21(23)24)7-16(14)22(25)26/h3-4,7,11-13,17,19H,5-6,8-9H2,1-2H3/b20-15-. The summed E-state index contributed by atoms with van der Waals surface area (Å²) in [5.74, 6) is 1.49. The number of hydrazone groups is 1. The molecule has 1 N–H and O–H groups in total. The lowest BCUT2D eigenvalue weighted by atomic mass is 9.36. The smallest absolute Gasteiger partial charge is 0.301 e. The van der Waals surface area contributed by atoms with Gasteiger partial charge in [0.1, 0.15) is 5.69 Å². The first-order chi connectivity index (χ1) is 12.8. The summed E-state index contributed by atoms with van der Waals surface area (Å²) in [4.78, 5) is 20.9. The SMILES string of the molecule is COC1CC2C3/C(=N\Nc4ccc([N+](=O)[O-])cc4[N+](=O)[O-])CCC2(C)C3C1. The van der Waals surface area contributed by atoms with Crippen molar-refractivity contribution in [2.75, 3.05) is 12.5 Å². The number of methoxy groups -OCH3 is 1. The van der Waals surface area contributed by atoms with Gasteiger partial charge in [-0.3, -0.25) is 25.7 Å². The molecule has 0 spiro atoms. The first-order valence-corrected chi connectivity index (χ1v) is 9.13. The molecule has 1 aromatic rings. The number of hydrogen-bond donors (Lipinski definition) is 1. The van der Waals surface area contributed by atoms with Crippen LogP contribution in [0.1, 0.15) is 32.6 Å². The fraction of sp³-hybridized carbons (Fsp3) is 0.611. The molecular formula is C18H22N4O5. The Kier molecular flexibility index (Phi) is 4.14. The number of rotatable bonds is 5. The molecule has 0 amide bonds. The van der Waals surface area contributed by atoms with E-state index in [1.165, 1.54) is 12.1 Å². The zero-order valence-electron chi connectivity index (χ0n) is 15.3. The minimum absolute atomic E-state index is 0.172. The highest BCUT2D eigenvalue weighted by atomic mass is 16.6. The number of nitro benzene ring substituents is 2. The van der Waals surface area contributed by atoms with Gasteiger partial charge in [-0.2, -0.15) is 5.10 Å². The summed E-state index contributed by atoms with van der Waals surface area (Å²) < 4.78 is 5.55. The second-order valence-electron chi connectivity index (χ2n) is 8.00. The third-order valence-corrected chi connectivity index (χ3v) is 6.94. The summed E-state index contributed by atoms with van der Waals surface area (Å²) >= 11 is 0. The van der Waals surface area contributed by atoms with Crippen LogP contribution in [0.5, 0.6) is 0 Å². The Labute approximate surface area is 156 Å². The van der Waals surface area contributed by atoms with Crippen LogP contribution in [-0.2, 0) is 4.74 Å². The first kappa shape index (κ1) is 17.8. The molecular weight excluding hydrogens is 352 g/mol. The largest absolute Gasteiger partial charge is 0.381 e. The number of nitrogens with zero attached hydrogens (tertiary/aromatic N) is 3. The van der Waals surface area contributed by atoms with Gasteiger partial charge in [-0.15, -0.1) is 0 Å². The summed E-state index contributed by atoms with van der Waals surface area (Å²) in [6.45, 7) is 2.36. The van der Waals surface area contributed by atoms with E-state index in [9.17, 15) is 20.2 Å². The Balaban J connectivity index is 1.56. The van der Waals surface area contributed by atoms with Gasteiger partial charge < -0.3 is 4.74 Å². The van der Waals surface area contributed by atoms with Crippen LogP contribution in [-0.4, -0.2) is 28.8 Å². The van der Waals surface area contributed by atoms with Crippen LogP contribution >= 0.6 is 0 Å². The van der Waals surface area contributed by atoms with E-state index in [4.69, 9.17) is 4.74 Å². The van der Waals surface area contributed by atoms with Crippen LogP contribution in [0.2, 0.25) is 0 Å². The number of anilines is 1. The molecule has 0 aliphatic heterocycles. The van der Waals surface area contributed by atoms with E-state index in [-0.39, 0.29) is 17.1 Å². The number of ether oxygens (including phenoxy) is 1. The van der Waals surface area contributed by atoms with Crippen LogP contribution in [0.4, 0.5) is 17.1 Å². The Morgan fingerprint density at radius 2 is 1.93 bits per heavy atom. The summed E-state index contributed by atoms with van der Waals surface area (Å²) in [5, 5.41) is 26.6. The minimum atomic E-state index is -0.646. The first-order valence-electron chi connectivity index (χ1n) is 9.13.